The van der Waals surface area contributed by atoms with Crippen LogP contribution in [0.2, 0.25) is 0 Å². The van der Waals surface area contributed by atoms with Gasteiger partial charge in [0.05, 0.1) is 24.1 Å². The first-order chi connectivity index (χ1) is 9.58. The molecular formula is C15H16N4O. The molecule has 2 rings (SSSR count). The SMILES string of the molecule is CC1CN(c2cccc(C#N)c2)C(=O)C(CC#N)N1C. The highest BCUT2D eigenvalue weighted by Gasteiger charge is 2.37. The average molecular weight is 268 g/mol. The number of hydrogen-bond acceptors (Lipinski definition) is 4. The number of piperazine rings is 1. The Morgan fingerprint density at radius 2 is 2.15 bits per heavy atom. The van der Waals surface area contributed by atoms with Gasteiger partial charge in [0.15, 0.2) is 0 Å². The minimum atomic E-state index is -0.422. The van der Waals surface area contributed by atoms with Gasteiger partial charge in [0.25, 0.3) is 0 Å². The van der Waals surface area contributed by atoms with E-state index in [1.54, 1.807) is 23.1 Å². The summed E-state index contributed by atoms with van der Waals surface area (Å²) in [5, 5.41) is 17.8. The van der Waals surface area contributed by atoms with Gasteiger partial charge in [-0.15, -0.1) is 0 Å². The summed E-state index contributed by atoms with van der Waals surface area (Å²) >= 11 is 0. The summed E-state index contributed by atoms with van der Waals surface area (Å²) in [5.41, 5.74) is 1.25. The molecule has 5 heteroatoms. The zero-order chi connectivity index (χ0) is 14.7. The second kappa shape index (κ2) is 5.73. The number of carbonyl (C=O) groups excluding carboxylic acids is 1. The van der Waals surface area contributed by atoms with Crippen molar-refractivity contribution in [1.29, 1.82) is 10.5 Å². The molecule has 0 N–H and O–H groups in total. The first-order valence-corrected chi connectivity index (χ1v) is 6.49. The third-order valence-corrected chi connectivity index (χ3v) is 3.76. The summed E-state index contributed by atoms with van der Waals surface area (Å²) in [4.78, 5) is 16.1. The smallest absolute Gasteiger partial charge is 0.245 e. The van der Waals surface area contributed by atoms with Crippen LogP contribution in [0, 0.1) is 22.7 Å². The van der Waals surface area contributed by atoms with E-state index in [0.29, 0.717) is 12.1 Å². The minimum absolute atomic E-state index is 0.0813. The number of amides is 1. The number of carbonyl (C=O) groups is 1. The minimum Gasteiger partial charge on any atom is -0.309 e. The van der Waals surface area contributed by atoms with Gasteiger partial charge in [0.1, 0.15) is 6.04 Å². The van der Waals surface area contributed by atoms with Crippen molar-refractivity contribution in [2.75, 3.05) is 18.5 Å². The molecular weight excluding hydrogens is 252 g/mol. The molecule has 1 aliphatic heterocycles. The molecule has 0 radical (unpaired) electrons. The number of rotatable bonds is 2. The Bertz CT molecular complexity index is 599. The molecule has 1 heterocycles. The van der Waals surface area contributed by atoms with E-state index in [1.165, 1.54) is 0 Å². The molecule has 0 spiro atoms. The van der Waals surface area contributed by atoms with E-state index in [9.17, 15) is 4.79 Å². The normalized spacial score (nSPS) is 23.2. The van der Waals surface area contributed by atoms with Gasteiger partial charge in [0.2, 0.25) is 5.91 Å². The van der Waals surface area contributed by atoms with Gasteiger partial charge in [-0.2, -0.15) is 10.5 Å². The van der Waals surface area contributed by atoms with E-state index in [-0.39, 0.29) is 18.4 Å². The molecule has 102 valence electrons. The van der Waals surface area contributed by atoms with Crippen LogP contribution in [0.25, 0.3) is 0 Å². The lowest BCUT2D eigenvalue weighted by atomic mass is 10.0. The van der Waals surface area contributed by atoms with Crippen molar-refractivity contribution in [3.63, 3.8) is 0 Å². The van der Waals surface area contributed by atoms with Crippen molar-refractivity contribution in [2.24, 2.45) is 0 Å². The highest BCUT2D eigenvalue weighted by atomic mass is 16.2. The lowest BCUT2D eigenvalue weighted by Crippen LogP contribution is -2.59. The fraction of sp³-hybridized carbons (Fsp3) is 0.400. The largest absolute Gasteiger partial charge is 0.309 e. The number of hydrogen-bond donors (Lipinski definition) is 0. The topological polar surface area (TPSA) is 71.1 Å². The van der Waals surface area contributed by atoms with Crippen LogP contribution in [0.5, 0.6) is 0 Å². The average Bonchev–Trinajstić information content (AvgIpc) is 2.47. The number of anilines is 1. The van der Waals surface area contributed by atoms with Crippen molar-refractivity contribution in [2.45, 2.75) is 25.4 Å². The molecule has 2 unspecified atom stereocenters. The summed E-state index contributed by atoms with van der Waals surface area (Å²) in [6, 6.07) is 10.9. The van der Waals surface area contributed by atoms with Crippen LogP contribution in [-0.2, 0) is 4.79 Å². The van der Waals surface area contributed by atoms with Gasteiger partial charge in [0, 0.05) is 18.3 Å². The second-order valence-electron chi connectivity index (χ2n) is 5.00. The van der Waals surface area contributed by atoms with Crippen molar-refractivity contribution < 1.29 is 4.79 Å². The Labute approximate surface area is 118 Å². The van der Waals surface area contributed by atoms with E-state index < -0.39 is 6.04 Å². The summed E-state index contributed by atoms with van der Waals surface area (Å²) in [5.74, 6) is -0.0813. The van der Waals surface area contributed by atoms with Crippen LogP contribution >= 0.6 is 0 Å². The first kappa shape index (κ1) is 14.0. The van der Waals surface area contributed by atoms with E-state index in [4.69, 9.17) is 10.5 Å². The Morgan fingerprint density at radius 1 is 1.40 bits per heavy atom. The molecule has 20 heavy (non-hydrogen) atoms. The number of nitriles is 2. The Balaban J connectivity index is 2.34. The van der Waals surface area contributed by atoms with Gasteiger partial charge < -0.3 is 4.90 Å². The molecule has 5 nitrogen and oxygen atoms in total. The van der Waals surface area contributed by atoms with E-state index in [1.807, 2.05) is 24.9 Å². The maximum absolute atomic E-state index is 12.5. The molecule has 0 aliphatic carbocycles. The van der Waals surface area contributed by atoms with E-state index in [2.05, 4.69) is 12.1 Å². The highest BCUT2D eigenvalue weighted by Crippen LogP contribution is 2.24. The van der Waals surface area contributed by atoms with Crippen molar-refractivity contribution >= 4 is 11.6 Å². The van der Waals surface area contributed by atoms with Crippen LogP contribution in [0.15, 0.2) is 24.3 Å². The molecule has 1 aromatic rings. The van der Waals surface area contributed by atoms with Gasteiger partial charge in [-0.25, -0.2) is 0 Å². The zero-order valence-electron chi connectivity index (χ0n) is 11.6. The summed E-state index contributed by atoms with van der Waals surface area (Å²) in [7, 11) is 1.87. The van der Waals surface area contributed by atoms with E-state index in [0.717, 1.165) is 5.69 Å². The predicted octanol–water partition coefficient (Wildman–Crippen LogP) is 1.51. The van der Waals surface area contributed by atoms with Crippen LogP contribution < -0.4 is 4.90 Å². The van der Waals surface area contributed by atoms with Gasteiger partial charge in [-0.3, -0.25) is 9.69 Å². The molecule has 0 bridgehead atoms. The van der Waals surface area contributed by atoms with Crippen molar-refractivity contribution in [3.05, 3.63) is 29.8 Å². The Morgan fingerprint density at radius 3 is 2.80 bits per heavy atom. The maximum Gasteiger partial charge on any atom is 0.245 e. The summed E-state index contributed by atoms with van der Waals surface area (Å²) in [6.07, 6.45) is 0.175. The molecule has 2 atom stereocenters. The molecule has 0 saturated carbocycles. The van der Waals surface area contributed by atoms with Gasteiger partial charge in [-0.1, -0.05) is 6.07 Å². The van der Waals surface area contributed by atoms with Crippen LogP contribution in [0.4, 0.5) is 5.69 Å². The van der Waals surface area contributed by atoms with E-state index >= 15 is 0 Å². The Kier molecular flexibility index (Phi) is 4.02. The number of benzene rings is 1. The molecule has 0 aromatic heterocycles. The second-order valence-corrected chi connectivity index (χ2v) is 5.00. The zero-order valence-corrected chi connectivity index (χ0v) is 11.6. The van der Waals surface area contributed by atoms with Crippen LogP contribution in [0.3, 0.4) is 0 Å². The van der Waals surface area contributed by atoms with Gasteiger partial charge >= 0.3 is 0 Å². The summed E-state index contributed by atoms with van der Waals surface area (Å²) < 4.78 is 0. The number of nitrogens with zero attached hydrogens (tertiary/aromatic N) is 4. The molecule has 1 saturated heterocycles. The van der Waals surface area contributed by atoms with Crippen molar-refractivity contribution in [1.82, 2.24) is 4.90 Å². The number of likely N-dealkylation sites (N-methyl/N-ethyl adjacent to an activating group) is 1. The van der Waals surface area contributed by atoms with Crippen LogP contribution in [-0.4, -0.2) is 36.5 Å². The summed E-state index contributed by atoms with van der Waals surface area (Å²) in [6.45, 7) is 2.59. The Hall–Kier alpha value is -2.37. The van der Waals surface area contributed by atoms with Crippen molar-refractivity contribution in [3.8, 4) is 12.1 Å². The van der Waals surface area contributed by atoms with Crippen LogP contribution in [0.1, 0.15) is 18.9 Å². The molecule has 1 amide bonds. The molecule has 1 aliphatic rings. The first-order valence-electron chi connectivity index (χ1n) is 6.49. The lowest BCUT2D eigenvalue weighted by Gasteiger charge is -2.42. The third-order valence-electron chi connectivity index (χ3n) is 3.76. The predicted molar refractivity (Wildman–Crippen MR) is 74.8 cm³/mol. The highest BCUT2D eigenvalue weighted by molar-refractivity contribution is 5.98. The third kappa shape index (κ3) is 2.49. The maximum atomic E-state index is 12.5. The van der Waals surface area contributed by atoms with Gasteiger partial charge in [-0.05, 0) is 32.2 Å². The quantitative estimate of drug-likeness (QED) is 0.815. The fourth-order valence-electron chi connectivity index (χ4n) is 2.44. The monoisotopic (exact) mass is 268 g/mol. The molecule has 1 aromatic carbocycles. The standard InChI is InChI=1S/C15H16N4O/c1-11-10-19(13-5-3-4-12(8-13)9-17)15(20)14(6-7-16)18(11)2/h3-5,8,11,14H,6,10H2,1-2H3. The fourth-order valence-corrected chi connectivity index (χ4v) is 2.44. The lowest BCUT2D eigenvalue weighted by molar-refractivity contribution is -0.126. The molecule has 1 fully saturated rings.